The zero-order chi connectivity index (χ0) is 14.4. The maximum atomic E-state index is 13.7. The van der Waals surface area contributed by atoms with Crippen LogP contribution in [0.1, 0.15) is 12.5 Å². The van der Waals surface area contributed by atoms with Gasteiger partial charge in [-0.3, -0.25) is 4.79 Å². The number of alkyl halides is 3. The fourth-order valence-corrected chi connectivity index (χ4v) is 2.99. The van der Waals surface area contributed by atoms with Crippen molar-refractivity contribution in [1.29, 1.82) is 0 Å². The molecule has 0 radical (unpaired) electrons. The molecule has 0 N–H and O–H groups in total. The Bertz CT molecular complexity index is 531. The van der Waals surface area contributed by atoms with Gasteiger partial charge >= 0.3 is 5.51 Å². The summed E-state index contributed by atoms with van der Waals surface area (Å²) in [5.41, 5.74) is -5.40. The number of hydrogen-bond acceptors (Lipinski definition) is 2. The molecule has 1 amide bonds. The maximum Gasteiger partial charge on any atom is 0.441 e. The van der Waals surface area contributed by atoms with Crippen molar-refractivity contribution in [3.8, 4) is 0 Å². The third-order valence-electron chi connectivity index (χ3n) is 3.22. The average Bonchev–Trinajstić information content (AvgIpc) is 2.50. The van der Waals surface area contributed by atoms with Crippen LogP contribution < -0.4 is 4.90 Å². The molecule has 2 nitrogen and oxygen atoms in total. The molecule has 1 unspecified atom stereocenters. The second kappa shape index (κ2) is 4.40. The van der Waals surface area contributed by atoms with E-state index in [2.05, 4.69) is 0 Å². The van der Waals surface area contributed by atoms with Crippen molar-refractivity contribution in [1.82, 2.24) is 0 Å². The molecule has 104 valence electrons. The number of nitrogens with zero attached hydrogens (tertiary/aromatic N) is 1. The Hall–Kier alpha value is -1.24. The number of carbonyl (C=O) groups is 1. The van der Waals surface area contributed by atoms with Gasteiger partial charge in [-0.2, -0.15) is 13.2 Å². The Morgan fingerprint density at radius 1 is 1.37 bits per heavy atom. The van der Waals surface area contributed by atoms with Crippen LogP contribution in [0, 0.1) is 5.82 Å². The van der Waals surface area contributed by atoms with Crippen molar-refractivity contribution in [3.05, 3.63) is 29.6 Å². The van der Waals surface area contributed by atoms with Crippen molar-refractivity contribution in [2.75, 3.05) is 17.7 Å². The molecule has 0 bridgehead atoms. The predicted molar refractivity (Wildman–Crippen MR) is 65.7 cm³/mol. The number of anilines is 1. The van der Waals surface area contributed by atoms with Crippen LogP contribution in [0.25, 0.3) is 0 Å². The quantitative estimate of drug-likeness (QED) is 0.780. The van der Waals surface area contributed by atoms with Crippen LogP contribution in [0.15, 0.2) is 18.2 Å². The van der Waals surface area contributed by atoms with Crippen LogP contribution in [-0.4, -0.2) is 24.2 Å². The van der Waals surface area contributed by atoms with Gasteiger partial charge < -0.3 is 4.90 Å². The van der Waals surface area contributed by atoms with E-state index in [1.54, 1.807) is 0 Å². The summed E-state index contributed by atoms with van der Waals surface area (Å²) in [6.07, 6.45) is 0. The first-order valence-corrected chi connectivity index (χ1v) is 6.43. The minimum absolute atomic E-state index is 0.0674. The first kappa shape index (κ1) is 14.2. The summed E-state index contributed by atoms with van der Waals surface area (Å²) in [4.78, 5) is 13.2. The van der Waals surface area contributed by atoms with Gasteiger partial charge in [-0.1, -0.05) is 12.1 Å². The lowest BCUT2D eigenvalue weighted by Gasteiger charge is -2.23. The second-order valence-electron chi connectivity index (χ2n) is 4.57. The molecule has 19 heavy (non-hydrogen) atoms. The van der Waals surface area contributed by atoms with E-state index in [9.17, 15) is 22.4 Å². The monoisotopic (exact) mass is 293 g/mol. The van der Waals surface area contributed by atoms with Gasteiger partial charge in [0.15, 0.2) is 0 Å². The van der Waals surface area contributed by atoms with E-state index < -0.39 is 28.4 Å². The SMILES string of the molecule is CN1C(=O)C(C)(CSC(F)(F)F)c2cccc(F)c21. The normalized spacial score (nSPS) is 22.8. The summed E-state index contributed by atoms with van der Waals surface area (Å²) in [6, 6.07) is 4.08. The molecule has 1 aromatic carbocycles. The van der Waals surface area contributed by atoms with Gasteiger partial charge in [0.2, 0.25) is 5.91 Å². The molecule has 1 atom stereocenters. The predicted octanol–water partition coefficient (Wildman–Crippen LogP) is 3.31. The highest BCUT2D eigenvalue weighted by Gasteiger charge is 2.49. The number of carbonyl (C=O) groups excluding carboxylic acids is 1. The number of likely N-dealkylation sites (N-methyl/N-ethyl adjacent to an activating group) is 1. The Morgan fingerprint density at radius 3 is 2.58 bits per heavy atom. The summed E-state index contributed by atoms with van der Waals surface area (Å²) in [5, 5.41) is 0. The number of hydrogen-bond donors (Lipinski definition) is 0. The molecule has 0 aromatic heterocycles. The lowest BCUT2D eigenvalue weighted by Crippen LogP contribution is -2.38. The zero-order valence-corrected chi connectivity index (χ0v) is 11.0. The van der Waals surface area contributed by atoms with Gasteiger partial charge in [0.25, 0.3) is 0 Å². The summed E-state index contributed by atoms with van der Waals surface area (Å²) >= 11 is -0.265. The second-order valence-corrected chi connectivity index (χ2v) is 5.61. The van der Waals surface area contributed by atoms with Crippen molar-refractivity contribution in [3.63, 3.8) is 0 Å². The van der Waals surface area contributed by atoms with E-state index >= 15 is 0 Å². The topological polar surface area (TPSA) is 20.3 Å². The average molecular weight is 293 g/mol. The van der Waals surface area contributed by atoms with Gasteiger partial charge in [-0.05, 0) is 30.3 Å². The minimum atomic E-state index is -4.42. The largest absolute Gasteiger partial charge is 0.441 e. The number of benzene rings is 1. The highest BCUT2D eigenvalue weighted by molar-refractivity contribution is 8.00. The zero-order valence-electron chi connectivity index (χ0n) is 10.2. The maximum absolute atomic E-state index is 13.7. The minimum Gasteiger partial charge on any atom is -0.312 e. The van der Waals surface area contributed by atoms with Gasteiger partial charge in [0.1, 0.15) is 5.82 Å². The fraction of sp³-hybridized carbons (Fsp3) is 0.417. The van der Waals surface area contributed by atoms with E-state index in [-0.39, 0.29) is 17.4 Å². The number of amides is 1. The van der Waals surface area contributed by atoms with Gasteiger partial charge in [0.05, 0.1) is 11.1 Å². The number of para-hydroxylation sites is 1. The van der Waals surface area contributed by atoms with Crippen LogP contribution in [0.4, 0.5) is 23.2 Å². The van der Waals surface area contributed by atoms with Crippen molar-refractivity contribution >= 4 is 23.4 Å². The number of thioether (sulfide) groups is 1. The summed E-state index contributed by atoms with van der Waals surface area (Å²) < 4.78 is 50.7. The Labute approximate surface area is 111 Å². The third-order valence-corrected chi connectivity index (χ3v) is 4.27. The Morgan fingerprint density at radius 2 is 2.00 bits per heavy atom. The molecule has 0 saturated carbocycles. The standard InChI is InChI=1S/C12H11F4NOS/c1-11(6-19-12(14,15)16)7-4-3-5-8(13)9(7)17(2)10(11)18/h3-5H,6H2,1-2H3. The van der Waals surface area contributed by atoms with Crippen LogP contribution >= 0.6 is 11.8 Å². The van der Waals surface area contributed by atoms with E-state index in [4.69, 9.17) is 0 Å². The van der Waals surface area contributed by atoms with Crippen molar-refractivity contribution in [2.24, 2.45) is 0 Å². The lowest BCUT2D eigenvalue weighted by atomic mass is 9.86. The van der Waals surface area contributed by atoms with E-state index in [1.807, 2.05) is 0 Å². The van der Waals surface area contributed by atoms with Crippen LogP contribution in [0.2, 0.25) is 0 Å². The van der Waals surface area contributed by atoms with E-state index in [1.165, 1.54) is 32.2 Å². The van der Waals surface area contributed by atoms with E-state index in [0.717, 1.165) is 4.90 Å². The van der Waals surface area contributed by atoms with Gasteiger partial charge in [-0.15, -0.1) is 0 Å². The highest BCUT2D eigenvalue weighted by atomic mass is 32.2. The highest BCUT2D eigenvalue weighted by Crippen LogP contribution is 2.46. The molecule has 1 aliphatic heterocycles. The molecule has 0 saturated heterocycles. The van der Waals surface area contributed by atoms with Crippen molar-refractivity contribution in [2.45, 2.75) is 17.8 Å². The Kier molecular flexibility index (Phi) is 3.28. The lowest BCUT2D eigenvalue weighted by molar-refractivity contribution is -0.121. The smallest absolute Gasteiger partial charge is 0.312 e. The molecular weight excluding hydrogens is 282 g/mol. The first-order chi connectivity index (χ1) is 8.67. The fourth-order valence-electron chi connectivity index (χ4n) is 2.25. The molecule has 7 heteroatoms. The number of halogens is 4. The third kappa shape index (κ3) is 2.31. The molecular formula is C12H11F4NOS. The first-order valence-electron chi connectivity index (χ1n) is 5.44. The van der Waals surface area contributed by atoms with Gasteiger partial charge in [-0.25, -0.2) is 4.39 Å². The number of fused-ring (bicyclic) bond motifs is 1. The molecule has 2 rings (SSSR count). The van der Waals surface area contributed by atoms with Crippen molar-refractivity contribution < 1.29 is 22.4 Å². The molecule has 1 aromatic rings. The summed E-state index contributed by atoms with van der Waals surface area (Å²) in [6.45, 7) is 1.41. The number of rotatable bonds is 2. The Balaban J connectivity index is 2.43. The van der Waals surface area contributed by atoms with Gasteiger partial charge in [0, 0.05) is 12.8 Å². The summed E-state index contributed by atoms with van der Waals surface area (Å²) in [7, 11) is 1.37. The van der Waals surface area contributed by atoms with E-state index in [0.29, 0.717) is 5.56 Å². The molecule has 0 fully saturated rings. The molecule has 0 spiro atoms. The summed E-state index contributed by atoms with van der Waals surface area (Å²) in [5.74, 6) is -1.59. The molecule has 1 aliphatic rings. The van der Waals surface area contributed by atoms with Crippen LogP contribution in [-0.2, 0) is 10.2 Å². The van der Waals surface area contributed by atoms with Crippen LogP contribution in [0.3, 0.4) is 0 Å². The molecule has 1 heterocycles. The van der Waals surface area contributed by atoms with Crippen LogP contribution in [0.5, 0.6) is 0 Å². The molecule has 0 aliphatic carbocycles.